The number of carbonyl (C=O) groups excluding carboxylic acids is 1. The number of halogens is 2. The number of aromatic nitrogens is 6. The molecular weight excluding hydrogens is 525 g/mol. The Morgan fingerprint density at radius 2 is 1.84 bits per heavy atom. The van der Waals surface area contributed by atoms with Crippen LogP contribution < -0.4 is 16.1 Å². The van der Waals surface area contributed by atoms with Gasteiger partial charge in [-0.25, -0.2) is 4.79 Å². The van der Waals surface area contributed by atoms with Gasteiger partial charge in [0.25, 0.3) is 5.56 Å². The summed E-state index contributed by atoms with van der Waals surface area (Å²) in [6, 6.07) is 4.96. The molecule has 37 heavy (non-hydrogen) atoms. The normalized spacial score (nSPS) is 14.5. The third-order valence-electron chi connectivity index (χ3n) is 6.57. The Morgan fingerprint density at radius 3 is 2.51 bits per heavy atom. The highest BCUT2D eigenvalue weighted by Gasteiger charge is 2.30. The summed E-state index contributed by atoms with van der Waals surface area (Å²) in [7, 11) is 4.35. The number of nitrogens with zero attached hydrogens (tertiary/aromatic N) is 7. The number of anilines is 1. The zero-order valence-corrected chi connectivity index (χ0v) is 21.8. The Balaban J connectivity index is 1.57. The van der Waals surface area contributed by atoms with Crippen molar-refractivity contribution in [2.75, 3.05) is 25.1 Å². The molecule has 1 aliphatic rings. The summed E-state index contributed by atoms with van der Waals surface area (Å²) < 4.78 is 14.8. The highest BCUT2D eigenvalue weighted by atomic mass is 35.5. The van der Waals surface area contributed by atoms with Crippen molar-refractivity contribution in [3.8, 4) is 11.5 Å². The molecule has 0 spiro atoms. The molecular formula is C23H23Cl2N7O5. The van der Waals surface area contributed by atoms with Gasteiger partial charge in [0.05, 0.1) is 23.1 Å². The summed E-state index contributed by atoms with van der Waals surface area (Å²) in [5.41, 5.74) is 0.0711. The SMILES string of the molecule is COC(=O)C1CCN(c2nc3c(c(=O)n(C)c(=O)n3C)n2Cc2nnc(-c3ccc(Cl)c(Cl)c3)o2)CC1. The number of imidazole rings is 1. The smallest absolute Gasteiger partial charge is 0.332 e. The van der Waals surface area contributed by atoms with Crippen molar-refractivity contribution in [1.82, 2.24) is 28.9 Å². The van der Waals surface area contributed by atoms with Crippen molar-refractivity contribution in [3.63, 3.8) is 0 Å². The molecule has 194 valence electrons. The standard InChI is InChI=1S/C23H23Cl2N7O5/c1-29-18-17(20(33)30(2)23(29)35)32(22(26-18)31-8-6-12(7-9-31)21(34)36-3)11-16-27-28-19(37-16)13-4-5-14(24)15(25)10-13/h4-5,10,12H,6-9,11H2,1-3H3. The average molecular weight is 548 g/mol. The van der Waals surface area contributed by atoms with E-state index in [1.54, 1.807) is 29.8 Å². The maximum Gasteiger partial charge on any atom is 0.332 e. The summed E-state index contributed by atoms with van der Waals surface area (Å²) in [6.45, 7) is 1.05. The van der Waals surface area contributed by atoms with Crippen molar-refractivity contribution < 1.29 is 13.9 Å². The van der Waals surface area contributed by atoms with E-state index in [-0.39, 0.29) is 41.4 Å². The summed E-state index contributed by atoms with van der Waals surface area (Å²) >= 11 is 12.1. The first-order valence-corrected chi connectivity index (χ1v) is 12.2. The van der Waals surface area contributed by atoms with Gasteiger partial charge >= 0.3 is 11.7 Å². The average Bonchev–Trinajstić information content (AvgIpc) is 3.53. The van der Waals surface area contributed by atoms with Crippen LogP contribution in [0.4, 0.5) is 5.95 Å². The number of aryl methyl sites for hydroxylation is 1. The second-order valence-electron chi connectivity index (χ2n) is 8.79. The first-order chi connectivity index (χ1) is 17.7. The molecule has 0 unspecified atom stereocenters. The maximum absolute atomic E-state index is 13.2. The maximum atomic E-state index is 13.2. The van der Waals surface area contributed by atoms with E-state index in [0.29, 0.717) is 47.5 Å². The molecule has 0 aliphatic carbocycles. The summed E-state index contributed by atoms with van der Waals surface area (Å²) in [5.74, 6) is 0.470. The van der Waals surface area contributed by atoms with E-state index in [1.165, 1.54) is 18.7 Å². The van der Waals surface area contributed by atoms with E-state index < -0.39 is 11.2 Å². The predicted molar refractivity (Wildman–Crippen MR) is 136 cm³/mol. The first kappa shape index (κ1) is 25.0. The van der Waals surface area contributed by atoms with Crippen molar-refractivity contribution in [1.29, 1.82) is 0 Å². The number of piperidine rings is 1. The molecule has 14 heteroatoms. The molecule has 5 rings (SSSR count). The first-order valence-electron chi connectivity index (χ1n) is 11.5. The molecule has 1 aliphatic heterocycles. The lowest BCUT2D eigenvalue weighted by atomic mass is 9.97. The molecule has 0 radical (unpaired) electrons. The van der Waals surface area contributed by atoms with Crippen LogP contribution in [0.2, 0.25) is 10.0 Å². The van der Waals surface area contributed by atoms with Gasteiger partial charge in [-0.1, -0.05) is 23.2 Å². The number of esters is 1. The fraction of sp³-hybridized carbons (Fsp3) is 0.391. The highest BCUT2D eigenvalue weighted by Crippen LogP contribution is 2.29. The zero-order valence-electron chi connectivity index (χ0n) is 20.3. The van der Waals surface area contributed by atoms with Crippen LogP contribution >= 0.6 is 23.2 Å². The van der Waals surface area contributed by atoms with Gasteiger partial charge in [0.2, 0.25) is 17.7 Å². The van der Waals surface area contributed by atoms with E-state index in [1.807, 2.05) is 4.90 Å². The van der Waals surface area contributed by atoms with E-state index in [9.17, 15) is 14.4 Å². The van der Waals surface area contributed by atoms with Gasteiger partial charge in [-0.05, 0) is 31.0 Å². The molecule has 0 N–H and O–H groups in total. The molecule has 0 bridgehead atoms. The van der Waals surface area contributed by atoms with E-state index in [0.717, 1.165) is 4.57 Å². The molecule has 0 amide bonds. The lowest BCUT2D eigenvalue weighted by molar-refractivity contribution is -0.146. The highest BCUT2D eigenvalue weighted by molar-refractivity contribution is 6.42. The molecule has 0 saturated carbocycles. The molecule has 1 fully saturated rings. The van der Waals surface area contributed by atoms with Crippen molar-refractivity contribution >= 4 is 46.3 Å². The molecule has 4 aromatic rings. The van der Waals surface area contributed by atoms with Crippen LogP contribution in [-0.2, 0) is 30.2 Å². The van der Waals surface area contributed by atoms with Crippen LogP contribution in [0.25, 0.3) is 22.6 Å². The monoisotopic (exact) mass is 547 g/mol. The number of carbonyl (C=O) groups is 1. The minimum Gasteiger partial charge on any atom is -0.469 e. The summed E-state index contributed by atoms with van der Waals surface area (Å²) in [4.78, 5) is 44.4. The second kappa shape index (κ2) is 9.67. The van der Waals surface area contributed by atoms with Crippen LogP contribution in [0.1, 0.15) is 18.7 Å². The number of ether oxygens (including phenoxy) is 1. The lowest BCUT2D eigenvalue weighted by Gasteiger charge is -2.31. The number of rotatable bonds is 5. The van der Waals surface area contributed by atoms with Crippen molar-refractivity contribution in [2.45, 2.75) is 19.4 Å². The second-order valence-corrected chi connectivity index (χ2v) is 9.60. The topological polar surface area (TPSA) is 130 Å². The van der Waals surface area contributed by atoms with Crippen LogP contribution in [0.15, 0.2) is 32.2 Å². The number of methoxy groups -OCH3 is 1. The Kier molecular flexibility index (Phi) is 6.54. The fourth-order valence-electron chi connectivity index (χ4n) is 4.51. The Morgan fingerprint density at radius 1 is 1.11 bits per heavy atom. The van der Waals surface area contributed by atoms with E-state index in [2.05, 4.69) is 15.2 Å². The number of hydrogen-bond acceptors (Lipinski definition) is 9. The molecule has 1 saturated heterocycles. The Hall–Kier alpha value is -3.64. The lowest BCUT2D eigenvalue weighted by Crippen LogP contribution is -2.39. The van der Waals surface area contributed by atoms with Gasteiger partial charge in [-0.15, -0.1) is 10.2 Å². The van der Waals surface area contributed by atoms with Crippen LogP contribution in [0.3, 0.4) is 0 Å². The number of benzene rings is 1. The van der Waals surface area contributed by atoms with Crippen molar-refractivity contribution in [2.24, 2.45) is 20.0 Å². The fourth-order valence-corrected chi connectivity index (χ4v) is 4.80. The molecule has 1 aromatic carbocycles. The van der Waals surface area contributed by atoms with E-state index in [4.69, 9.17) is 32.4 Å². The molecule has 12 nitrogen and oxygen atoms in total. The summed E-state index contributed by atoms with van der Waals surface area (Å²) in [6.07, 6.45) is 1.13. The molecule has 3 aromatic heterocycles. The summed E-state index contributed by atoms with van der Waals surface area (Å²) in [5, 5.41) is 9.02. The third-order valence-corrected chi connectivity index (χ3v) is 7.31. The van der Waals surface area contributed by atoms with Gasteiger partial charge in [-0.3, -0.25) is 23.3 Å². The van der Waals surface area contributed by atoms with Crippen LogP contribution in [0, 0.1) is 5.92 Å². The molecule has 0 atom stereocenters. The molecule has 4 heterocycles. The van der Waals surface area contributed by atoms with Crippen LogP contribution in [-0.4, -0.2) is 55.1 Å². The quantitative estimate of drug-likeness (QED) is 0.345. The largest absolute Gasteiger partial charge is 0.469 e. The Bertz CT molecular complexity index is 1630. The third kappa shape index (κ3) is 4.40. The Labute approximate surface area is 220 Å². The van der Waals surface area contributed by atoms with Gasteiger partial charge < -0.3 is 14.1 Å². The van der Waals surface area contributed by atoms with Gasteiger partial charge in [-0.2, -0.15) is 4.98 Å². The minimum atomic E-state index is -0.495. The zero-order chi connectivity index (χ0) is 26.4. The van der Waals surface area contributed by atoms with Gasteiger partial charge in [0, 0.05) is 32.7 Å². The van der Waals surface area contributed by atoms with E-state index >= 15 is 0 Å². The predicted octanol–water partition coefficient (Wildman–Crippen LogP) is 2.23. The minimum absolute atomic E-state index is 0.0323. The van der Waals surface area contributed by atoms with Crippen LogP contribution in [0.5, 0.6) is 0 Å². The number of hydrogen-bond donors (Lipinski definition) is 0. The number of fused-ring (bicyclic) bond motifs is 1. The van der Waals surface area contributed by atoms with Crippen molar-refractivity contribution in [3.05, 3.63) is 55.0 Å². The van der Waals surface area contributed by atoms with Gasteiger partial charge in [0.15, 0.2) is 11.2 Å². The van der Waals surface area contributed by atoms with Gasteiger partial charge in [0.1, 0.15) is 6.54 Å².